The second-order valence-electron chi connectivity index (χ2n) is 8.12. The number of hydrogen-bond donors (Lipinski definition) is 0. The summed E-state index contributed by atoms with van der Waals surface area (Å²) >= 11 is 0. The van der Waals surface area contributed by atoms with Crippen molar-refractivity contribution in [2.24, 2.45) is 0 Å². The Bertz CT molecular complexity index is 1530. The smallest absolute Gasteiger partial charge is 0.297 e. The first kappa shape index (κ1) is 18.7. The normalized spacial score (nSPS) is 16.9. The number of para-hydroxylation sites is 1. The van der Waals surface area contributed by atoms with Crippen molar-refractivity contribution in [1.29, 1.82) is 0 Å². The third kappa shape index (κ3) is 2.96. The van der Waals surface area contributed by atoms with Crippen LogP contribution in [0.5, 0.6) is 0 Å². The van der Waals surface area contributed by atoms with E-state index < -0.39 is 0 Å². The molecule has 0 saturated carbocycles. The fourth-order valence-electron chi connectivity index (χ4n) is 4.53. The van der Waals surface area contributed by atoms with Crippen molar-refractivity contribution in [3.8, 4) is 0 Å². The molecule has 0 bridgehead atoms. The Labute approximate surface area is 181 Å². The standard InChI is InChI=1S/C23H20N6O3/c30-19(13-28-14-24-20-16-7-1-2-8-17(16)32-21(20)23(28)31)27-10-5-6-15(12-27)22-26-25-18-9-3-4-11-29(18)22/h1-4,7-9,11,14-15H,5-6,10,12-13H2. The molecule has 0 aliphatic carbocycles. The van der Waals surface area contributed by atoms with Crippen LogP contribution in [0.2, 0.25) is 0 Å². The zero-order valence-corrected chi connectivity index (χ0v) is 17.2. The number of piperidine rings is 1. The van der Waals surface area contributed by atoms with Crippen LogP contribution in [0.3, 0.4) is 0 Å². The second kappa shape index (κ2) is 7.30. The number of pyridine rings is 1. The number of hydrogen-bond acceptors (Lipinski definition) is 6. The summed E-state index contributed by atoms with van der Waals surface area (Å²) in [5.41, 5.74) is 1.74. The number of nitrogens with zero attached hydrogens (tertiary/aromatic N) is 6. The zero-order valence-electron chi connectivity index (χ0n) is 17.2. The lowest BCUT2D eigenvalue weighted by Gasteiger charge is -2.32. The van der Waals surface area contributed by atoms with Crippen molar-refractivity contribution in [1.82, 2.24) is 29.0 Å². The molecule has 1 saturated heterocycles. The van der Waals surface area contributed by atoms with Gasteiger partial charge in [-0.15, -0.1) is 10.2 Å². The summed E-state index contributed by atoms with van der Waals surface area (Å²) in [5, 5.41) is 9.39. The van der Waals surface area contributed by atoms with Crippen LogP contribution in [0.25, 0.3) is 27.7 Å². The fourth-order valence-corrected chi connectivity index (χ4v) is 4.53. The molecule has 0 radical (unpaired) electrons. The molecule has 1 aliphatic rings. The number of benzene rings is 1. The Morgan fingerprint density at radius 2 is 2.00 bits per heavy atom. The molecule has 1 unspecified atom stereocenters. The number of rotatable bonds is 3. The van der Waals surface area contributed by atoms with Gasteiger partial charge in [-0.05, 0) is 37.1 Å². The Hall–Kier alpha value is -4.01. The molecule has 0 spiro atoms. The number of fused-ring (bicyclic) bond motifs is 4. The first-order valence-corrected chi connectivity index (χ1v) is 10.6. The lowest BCUT2D eigenvalue weighted by Crippen LogP contribution is -2.42. The Balaban J connectivity index is 1.26. The first-order valence-electron chi connectivity index (χ1n) is 10.6. The van der Waals surface area contributed by atoms with Gasteiger partial charge in [-0.25, -0.2) is 4.98 Å². The largest absolute Gasteiger partial charge is 0.448 e. The van der Waals surface area contributed by atoms with Gasteiger partial charge in [0.15, 0.2) is 5.65 Å². The van der Waals surface area contributed by atoms with Crippen molar-refractivity contribution in [2.75, 3.05) is 13.1 Å². The average Bonchev–Trinajstić information content (AvgIpc) is 3.43. The van der Waals surface area contributed by atoms with Gasteiger partial charge in [0.05, 0.1) is 6.33 Å². The Morgan fingerprint density at radius 3 is 2.94 bits per heavy atom. The van der Waals surface area contributed by atoms with E-state index in [2.05, 4.69) is 15.2 Å². The molecule has 1 fully saturated rings. The van der Waals surface area contributed by atoms with Gasteiger partial charge in [0.1, 0.15) is 23.5 Å². The molecule has 9 heteroatoms. The van der Waals surface area contributed by atoms with E-state index in [0.717, 1.165) is 29.7 Å². The first-order chi connectivity index (χ1) is 15.7. The van der Waals surface area contributed by atoms with Crippen molar-refractivity contribution in [3.63, 3.8) is 0 Å². The van der Waals surface area contributed by atoms with Crippen molar-refractivity contribution in [2.45, 2.75) is 25.3 Å². The molecule has 5 aromatic rings. The van der Waals surface area contributed by atoms with E-state index in [9.17, 15) is 9.59 Å². The fraction of sp³-hybridized carbons (Fsp3) is 0.261. The molecule has 32 heavy (non-hydrogen) atoms. The van der Waals surface area contributed by atoms with E-state index in [1.165, 1.54) is 10.9 Å². The summed E-state index contributed by atoms with van der Waals surface area (Å²) < 4.78 is 9.02. The molecule has 1 amide bonds. The summed E-state index contributed by atoms with van der Waals surface area (Å²) in [6.45, 7) is 1.12. The average molecular weight is 428 g/mol. The van der Waals surface area contributed by atoms with Crippen molar-refractivity contribution >= 4 is 33.6 Å². The van der Waals surface area contributed by atoms with E-state index in [1.807, 2.05) is 47.0 Å². The second-order valence-corrected chi connectivity index (χ2v) is 8.12. The Kier molecular flexibility index (Phi) is 4.27. The van der Waals surface area contributed by atoms with Gasteiger partial charge in [0, 0.05) is 30.6 Å². The minimum atomic E-state index is -0.350. The maximum Gasteiger partial charge on any atom is 0.297 e. The van der Waals surface area contributed by atoms with Crippen LogP contribution in [0.15, 0.2) is 64.2 Å². The van der Waals surface area contributed by atoms with Gasteiger partial charge >= 0.3 is 0 Å². The molecule has 1 aliphatic heterocycles. The molecule has 6 rings (SSSR count). The van der Waals surface area contributed by atoms with Crippen molar-refractivity contribution < 1.29 is 9.21 Å². The lowest BCUT2D eigenvalue weighted by atomic mass is 9.97. The van der Waals surface area contributed by atoms with Crippen LogP contribution in [-0.4, -0.2) is 48.0 Å². The number of aromatic nitrogens is 5. The molecule has 1 aromatic carbocycles. The minimum Gasteiger partial charge on any atom is -0.448 e. The summed E-state index contributed by atoms with van der Waals surface area (Å²) in [6, 6.07) is 13.2. The summed E-state index contributed by atoms with van der Waals surface area (Å²) in [6.07, 6.45) is 5.18. The number of furan rings is 1. The molecule has 9 nitrogen and oxygen atoms in total. The maximum atomic E-state index is 13.1. The van der Waals surface area contributed by atoms with Gasteiger partial charge in [-0.1, -0.05) is 18.2 Å². The number of amides is 1. The van der Waals surface area contributed by atoms with Gasteiger partial charge in [-0.2, -0.15) is 0 Å². The predicted octanol–water partition coefficient (Wildman–Crippen LogP) is 2.59. The highest BCUT2D eigenvalue weighted by Gasteiger charge is 2.28. The van der Waals surface area contributed by atoms with E-state index in [1.54, 1.807) is 11.0 Å². The summed E-state index contributed by atoms with van der Waals surface area (Å²) in [5.74, 6) is 0.835. The van der Waals surface area contributed by atoms with E-state index >= 15 is 0 Å². The van der Waals surface area contributed by atoms with Gasteiger partial charge in [-0.3, -0.25) is 18.6 Å². The SMILES string of the molecule is O=C(Cn1cnc2c(oc3ccccc32)c1=O)N1CCCC(c2nnc3ccccn23)C1. The van der Waals surface area contributed by atoms with Crippen LogP contribution < -0.4 is 5.56 Å². The minimum absolute atomic E-state index is 0.0773. The summed E-state index contributed by atoms with van der Waals surface area (Å²) in [4.78, 5) is 32.2. The Morgan fingerprint density at radius 1 is 1.12 bits per heavy atom. The van der Waals surface area contributed by atoms with Crippen LogP contribution in [0.4, 0.5) is 0 Å². The number of likely N-dealkylation sites (tertiary alicyclic amines) is 1. The highest BCUT2D eigenvalue weighted by atomic mass is 16.3. The van der Waals surface area contributed by atoms with Crippen LogP contribution in [0, 0.1) is 0 Å². The lowest BCUT2D eigenvalue weighted by molar-refractivity contribution is -0.133. The zero-order chi connectivity index (χ0) is 21.7. The molecular formula is C23H20N6O3. The maximum absolute atomic E-state index is 13.1. The van der Waals surface area contributed by atoms with Gasteiger partial charge < -0.3 is 9.32 Å². The van der Waals surface area contributed by atoms with Gasteiger partial charge in [0.25, 0.3) is 5.56 Å². The highest BCUT2D eigenvalue weighted by molar-refractivity contribution is 6.01. The third-order valence-corrected chi connectivity index (χ3v) is 6.14. The van der Waals surface area contributed by atoms with Crippen LogP contribution >= 0.6 is 0 Å². The molecular weight excluding hydrogens is 408 g/mol. The van der Waals surface area contributed by atoms with E-state index in [4.69, 9.17) is 4.42 Å². The highest BCUT2D eigenvalue weighted by Crippen LogP contribution is 2.27. The molecule has 160 valence electrons. The van der Waals surface area contributed by atoms with Crippen molar-refractivity contribution in [3.05, 3.63) is 71.2 Å². The quantitative estimate of drug-likeness (QED) is 0.438. The van der Waals surface area contributed by atoms with E-state index in [-0.39, 0.29) is 29.5 Å². The van der Waals surface area contributed by atoms with Crippen LogP contribution in [0.1, 0.15) is 24.6 Å². The topological polar surface area (TPSA) is 98.5 Å². The predicted molar refractivity (Wildman–Crippen MR) is 117 cm³/mol. The number of carbonyl (C=O) groups excluding carboxylic acids is 1. The summed E-state index contributed by atoms with van der Waals surface area (Å²) in [7, 11) is 0. The van der Waals surface area contributed by atoms with Gasteiger partial charge in [0.2, 0.25) is 11.5 Å². The van der Waals surface area contributed by atoms with Crippen LogP contribution in [-0.2, 0) is 11.3 Å². The number of carbonyl (C=O) groups is 1. The third-order valence-electron chi connectivity index (χ3n) is 6.14. The monoisotopic (exact) mass is 428 g/mol. The molecule has 4 aromatic heterocycles. The molecule has 5 heterocycles. The van der Waals surface area contributed by atoms with E-state index in [0.29, 0.717) is 24.2 Å². The molecule has 0 N–H and O–H groups in total. The molecule has 1 atom stereocenters.